The molecule has 1 aromatic heterocycles. The van der Waals surface area contributed by atoms with Crippen LogP contribution in [0.25, 0.3) is 11.3 Å². The highest BCUT2D eigenvalue weighted by Crippen LogP contribution is 2.30. The summed E-state index contributed by atoms with van der Waals surface area (Å²) in [4.78, 5) is 40.0. The lowest BCUT2D eigenvalue weighted by molar-refractivity contribution is -0.116. The Kier molecular flexibility index (Phi) is 7.88. The third-order valence-corrected chi connectivity index (χ3v) is 6.33. The first-order chi connectivity index (χ1) is 15.7. The van der Waals surface area contributed by atoms with E-state index in [0.29, 0.717) is 28.4 Å². The summed E-state index contributed by atoms with van der Waals surface area (Å²) in [6.07, 6.45) is 0.496. The lowest BCUT2D eigenvalue weighted by Gasteiger charge is -2.15. The highest BCUT2D eigenvalue weighted by Gasteiger charge is 2.22. The minimum absolute atomic E-state index is 0.0865. The molecule has 2 amide bonds. The molecule has 1 atom stereocenters. The monoisotopic (exact) mass is 485 g/mol. The van der Waals surface area contributed by atoms with Gasteiger partial charge in [-0.1, -0.05) is 54.0 Å². The van der Waals surface area contributed by atoms with Crippen molar-refractivity contribution >= 4 is 46.6 Å². The van der Waals surface area contributed by atoms with E-state index < -0.39 is 10.8 Å². The van der Waals surface area contributed by atoms with Crippen molar-refractivity contribution in [1.82, 2.24) is 15.2 Å². The molecule has 0 saturated carbocycles. The summed E-state index contributed by atoms with van der Waals surface area (Å²) < 4.78 is 0. The molecule has 3 N–H and O–H groups in total. The van der Waals surface area contributed by atoms with Crippen LogP contribution in [0.15, 0.2) is 46.3 Å². The van der Waals surface area contributed by atoms with Crippen LogP contribution >= 0.6 is 23.4 Å². The summed E-state index contributed by atoms with van der Waals surface area (Å²) in [5.74, 6) is -0.514. The minimum Gasteiger partial charge on any atom is -0.325 e. The largest absolute Gasteiger partial charge is 0.325 e. The summed E-state index contributed by atoms with van der Waals surface area (Å²) in [6, 6.07) is 10.6. The van der Waals surface area contributed by atoms with E-state index >= 15 is 0 Å². The molecule has 3 aromatic rings. The second-order valence-corrected chi connectivity index (χ2v) is 9.08. The molecule has 0 aliphatic rings. The number of benzene rings is 2. The number of amides is 2. The van der Waals surface area contributed by atoms with Crippen molar-refractivity contribution in [3.8, 4) is 11.3 Å². The Labute approximate surface area is 200 Å². The van der Waals surface area contributed by atoms with E-state index in [2.05, 4.69) is 25.8 Å². The molecule has 0 spiro atoms. The quantitative estimate of drug-likeness (QED) is 0.422. The molecule has 0 saturated heterocycles. The lowest BCUT2D eigenvalue weighted by Crippen LogP contribution is -2.26. The van der Waals surface area contributed by atoms with E-state index in [0.717, 1.165) is 22.9 Å². The second-order valence-electron chi connectivity index (χ2n) is 7.48. The number of carbonyl (C=O) groups excluding carboxylic acids is 2. The van der Waals surface area contributed by atoms with E-state index in [-0.39, 0.29) is 22.7 Å². The number of nitrogens with zero attached hydrogens (tertiary/aromatic N) is 2. The van der Waals surface area contributed by atoms with Crippen molar-refractivity contribution in [1.29, 1.82) is 0 Å². The maximum atomic E-state index is 12.9. The number of anilines is 2. The van der Waals surface area contributed by atoms with Crippen molar-refractivity contribution < 1.29 is 9.59 Å². The second kappa shape index (κ2) is 10.6. The van der Waals surface area contributed by atoms with Gasteiger partial charge in [-0.25, -0.2) is 0 Å². The number of rotatable bonds is 7. The molecular formula is C23H24ClN5O3S. The number of aromatic nitrogens is 3. The van der Waals surface area contributed by atoms with Gasteiger partial charge in [0.15, 0.2) is 10.9 Å². The van der Waals surface area contributed by atoms with E-state index in [9.17, 15) is 14.4 Å². The Morgan fingerprint density at radius 1 is 1.15 bits per heavy atom. The predicted octanol–water partition coefficient (Wildman–Crippen LogP) is 4.57. The Bertz CT molecular complexity index is 1260. The molecule has 0 bridgehead atoms. The van der Waals surface area contributed by atoms with Gasteiger partial charge in [-0.3, -0.25) is 19.4 Å². The van der Waals surface area contributed by atoms with Crippen LogP contribution in [0, 0.1) is 13.8 Å². The standard InChI is InChI=1S/C23H24ClN5O3S/c1-5-18(21(31)26-17-9-7-6-8-16(17)24)33-23-27-22(32)20(28-29-23)15-11-12(2)10-13(3)19(15)25-14(4)30/h6-11,18H,5H2,1-4H3,(H,25,30)(H,26,31)(H,27,29,32)/t18-/m0/s1. The third-order valence-electron chi connectivity index (χ3n) is 4.76. The van der Waals surface area contributed by atoms with E-state index in [1.807, 2.05) is 26.8 Å². The van der Waals surface area contributed by atoms with Gasteiger partial charge in [-0.2, -0.15) is 0 Å². The van der Waals surface area contributed by atoms with Crippen molar-refractivity contribution in [3.05, 3.63) is 62.9 Å². The molecule has 0 fully saturated rings. The molecule has 0 aliphatic carbocycles. The Morgan fingerprint density at radius 2 is 1.88 bits per heavy atom. The van der Waals surface area contributed by atoms with E-state index in [4.69, 9.17) is 11.6 Å². The SMILES string of the molecule is CC[C@H](Sc1nnc(-c2cc(C)cc(C)c2NC(C)=O)c(=O)[nH]1)C(=O)Nc1ccccc1Cl. The molecule has 2 aromatic carbocycles. The Balaban J connectivity index is 1.86. The zero-order valence-corrected chi connectivity index (χ0v) is 20.2. The zero-order valence-electron chi connectivity index (χ0n) is 18.7. The number of H-pyrrole nitrogens is 1. The highest BCUT2D eigenvalue weighted by molar-refractivity contribution is 8.00. The van der Waals surface area contributed by atoms with Gasteiger partial charge in [-0.05, 0) is 44.0 Å². The maximum absolute atomic E-state index is 12.9. The van der Waals surface area contributed by atoms with E-state index in [1.54, 1.807) is 30.3 Å². The van der Waals surface area contributed by atoms with E-state index in [1.165, 1.54) is 6.92 Å². The number of nitrogens with one attached hydrogen (secondary N) is 3. The van der Waals surface area contributed by atoms with Crippen LogP contribution in [-0.2, 0) is 9.59 Å². The molecule has 10 heteroatoms. The predicted molar refractivity (Wildman–Crippen MR) is 132 cm³/mol. The first-order valence-corrected chi connectivity index (χ1v) is 11.5. The van der Waals surface area contributed by atoms with Crippen LogP contribution in [-0.4, -0.2) is 32.2 Å². The number of aryl methyl sites for hydroxylation is 2. The van der Waals surface area contributed by atoms with Gasteiger partial charge in [0.05, 0.1) is 21.6 Å². The van der Waals surface area contributed by atoms with Crippen LogP contribution < -0.4 is 16.2 Å². The Morgan fingerprint density at radius 3 is 2.52 bits per heavy atom. The van der Waals surface area contributed by atoms with Gasteiger partial charge in [0, 0.05) is 12.5 Å². The number of thioether (sulfide) groups is 1. The van der Waals surface area contributed by atoms with Crippen LogP contribution in [0.5, 0.6) is 0 Å². The van der Waals surface area contributed by atoms with Crippen molar-refractivity contribution in [2.24, 2.45) is 0 Å². The molecular weight excluding hydrogens is 462 g/mol. The molecule has 0 aliphatic heterocycles. The van der Waals surface area contributed by atoms with Crippen LogP contribution in [0.4, 0.5) is 11.4 Å². The smallest absolute Gasteiger partial charge is 0.278 e. The number of carbonyl (C=O) groups is 2. The molecule has 0 radical (unpaired) electrons. The summed E-state index contributed by atoms with van der Waals surface area (Å²) >= 11 is 7.23. The molecule has 8 nitrogen and oxygen atoms in total. The minimum atomic E-state index is -0.520. The van der Waals surface area contributed by atoms with Gasteiger partial charge < -0.3 is 10.6 Å². The first kappa shape index (κ1) is 24.5. The molecule has 1 heterocycles. The first-order valence-electron chi connectivity index (χ1n) is 10.3. The molecule has 33 heavy (non-hydrogen) atoms. The summed E-state index contributed by atoms with van der Waals surface area (Å²) in [6.45, 7) is 7.00. The average molecular weight is 486 g/mol. The average Bonchev–Trinajstić information content (AvgIpc) is 2.75. The lowest BCUT2D eigenvalue weighted by atomic mass is 10.0. The Hall–Kier alpha value is -3.17. The fourth-order valence-corrected chi connectivity index (χ4v) is 4.31. The zero-order chi connectivity index (χ0) is 24.1. The molecule has 3 rings (SSSR count). The van der Waals surface area contributed by atoms with Crippen LogP contribution in [0.2, 0.25) is 5.02 Å². The van der Waals surface area contributed by atoms with Crippen LogP contribution in [0.3, 0.4) is 0 Å². The number of hydrogen-bond acceptors (Lipinski definition) is 6. The maximum Gasteiger partial charge on any atom is 0.278 e. The number of aromatic amines is 1. The number of hydrogen-bond donors (Lipinski definition) is 3. The summed E-state index contributed by atoms with van der Waals surface area (Å²) in [7, 11) is 0. The third kappa shape index (κ3) is 6.00. The van der Waals surface area contributed by atoms with Gasteiger partial charge in [0.25, 0.3) is 5.56 Å². The number of para-hydroxylation sites is 1. The van der Waals surface area contributed by atoms with Crippen molar-refractivity contribution in [3.63, 3.8) is 0 Å². The summed E-state index contributed by atoms with van der Waals surface area (Å²) in [5.41, 5.74) is 2.85. The highest BCUT2D eigenvalue weighted by atomic mass is 35.5. The normalized spacial score (nSPS) is 11.7. The van der Waals surface area contributed by atoms with Gasteiger partial charge >= 0.3 is 0 Å². The fraction of sp³-hybridized carbons (Fsp3) is 0.261. The van der Waals surface area contributed by atoms with Crippen molar-refractivity contribution in [2.75, 3.05) is 10.6 Å². The molecule has 0 unspecified atom stereocenters. The van der Waals surface area contributed by atoms with Gasteiger partial charge in [0.1, 0.15) is 0 Å². The van der Waals surface area contributed by atoms with Crippen molar-refractivity contribution in [2.45, 2.75) is 44.5 Å². The topological polar surface area (TPSA) is 117 Å². The number of halogens is 1. The van der Waals surface area contributed by atoms with Gasteiger partial charge in [-0.15, -0.1) is 10.2 Å². The molecule has 172 valence electrons. The van der Waals surface area contributed by atoms with Crippen LogP contribution in [0.1, 0.15) is 31.4 Å². The summed E-state index contributed by atoms with van der Waals surface area (Å²) in [5, 5.41) is 14.0. The van der Waals surface area contributed by atoms with Gasteiger partial charge in [0.2, 0.25) is 11.8 Å². The fourth-order valence-electron chi connectivity index (χ4n) is 3.28.